The molecule has 12 nitrogen and oxygen atoms in total. The number of fused-ring (bicyclic) bond motifs is 2. The van der Waals surface area contributed by atoms with Gasteiger partial charge in [-0.3, -0.25) is 9.67 Å². The number of anilines is 1. The summed E-state index contributed by atoms with van der Waals surface area (Å²) in [6, 6.07) is 5.63. The van der Waals surface area contributed by atoms with Crippen LogP contribution in [0.15, 0.2) is 24.5 Å². The van der Waals surface area contributed by atoms with Gasteiger partial charge < -0.3 is 24.5 Å². The summed E-state index contributed by atoms with van der Waals surface area (Å²) in [4.78, 5) is 31.0. The predicted molar refractivity (Wildman–Crippen MR) is 154 cm³/mol. The molecule has 218 valence electrons. The van der Waals surface area contributed by atoms with Gasteiger partial charge in [0.15, 0.2) is 5.82 Å². The smallest absolute Gasteiger partial charge is 0.407 e. The summed E-state index contributed by atoms with van der Waals surface area (Å²) in [5.41, 5.74) is 2.46. The Hall–Kier alpha value is -4.57. The van der Waals surface area contributed by atoms with Gasteiger partial charge in [-0.25, -0.2) is 9.18 Å². The quantitative estimate of drug-likeness (QED) is 0.364. The van der Waals surface area contributed by atoms with Crippen molar-refractivity contribution in [3.63, 3.8) is 0 Å². The largest absolute Gasteiger partial charge is 0.465 e. The number of nitrogens with zero attached hydrogens (tertiary/aromatic N) is 9. The first-order chi connectivity index (χ1) is 20.3. The summed E-state index contributed by atoms with van der Waals surface area (Å²) >= 11 is 0. The van der Waals surface area contributed by atoms with E-state index >= 15 is 4.39 Å². The molecular weight excluding hydrogens is 541 g/mol. The Balaban J connectivity index is 1.47. The van der Waals surface area contributed by atoms with E-state index in [4.69, 9.17) is 9.72 Å². The van der Waals surface area contributed by atoms with Gasteiger partial charge in [-0.05, 0) is 38.9 Å². The van der Waals surface area contributed by atoms with Gasteiger partial charge in [0, 0.05) is 49.9 Å². The van der Waals surface area contributed by atoms with Gasteiger partial charge in [0.25, 0.3) is 0 Å². The van der Waals surface area contributed by atoms with Crippen LogP contribution < -0.4 is 9.64 Å². The molecule has 2 fully saturated rings. The lowest BCUT2D eigenvalue weighted by molar-refractivity contribution is 0.119. The highest BCUT2D eigenvalue weighted by Crippen LogP contribution is 2.37. The Morgan fingerprint density at radius 1 is 1.19 bits per heavy atom. The standard InChI is InChI=1S/C29H32FN9O3/c1-17-6-7-18-13-33-37(3)26(18)22(17)25-23(30)24-21(14-32-25)27(35-28(34-24)42-16-20-5-4-10-36(20)2)38-11-12-39(29(40)41)19(15-38)8-9-31/h6-7,13-14,19-20H,4-5,8,10-12,15-16H2,1-3H3,(H,40,41)/t19-,20-/m0/s1. The highest BCUT2D eigenvalue weighted by atomic mass is 19.1. The minimum Gasteiger partial charge on any atom is -0.465 e. The number of hydrogen-bond acceptors (Lipinski definition) is 9. The molecule has 0 bridgehead atoms. The van der Waals surface area contributed by atoms with Crippen LogP contribution in [0.5, 0.6) is 6.01 Å². The van der Waals surface area contributed by atoms with Crippen LogP contribution in [0.25, 0.3) is 33.1 Å². The second-order valence-corrected chi connectivity index (χ2v) is 11.0. The van der Waals surface area contributed by atoms with E-state index in [1.807, 2.05) is 38.1 Å². The van der Waals surface area contributed by atoms with Crippen LogP contribution in [0.4, 0.5) is 15.0 Å². The summed E-state index contributed by atoms with van der Waals surface area (Å²) in [7, 11) is 3.86. The number of rotatable bonds is 6. The van der Waals surface area contributed by atoms with Crippen molar-refractivity contribution in [3.8, 4) is 23.3 Å². The molecule has 0 saturated carbocycles. The normalized spacial score (nSPS) is 19.5. The minimum absolute atomic E-state index is 0.0218. The maximum atomic E-state index is 16.6. The first-order valence-electron chi connectivity index (χ1n) is 14.0. The average Bonchev–Trinajstić information content (AvgIpc) is 3.57. The number of aryl methyl sites for hydroxylation is 2. The molecule has 42 heavy (non-hydrogen) atoms. The number of ether oxygens (including phenoxy) is 1. The fourth-order valence-corrected chi connectivity index (χ4v) is 6.11. The first-order valence-corrected chi connectivity index (χ1v) is 14.0. The van der Waals surface area contributed by atoms with Gasteiger partial charge in [-0.1, -0.05) is 12.1 Å². The minimum atomic E-state index is -1.08. The second-order valence-electron chi connectivity index (χ2n) is 11.0. The molecule has 0 unspecified atom stereocenters. The van der Waals surface area contributed by atoms with Crippen LogP contribution in [-0.4, -0.2) is 97.6 Å². The number of carbonyl (C=O) groups is 1. The van der Waals surface area contributed by atoms with E-state index in [-0.39, 0.29) is 42.8 Å². The number of hydrogen-bond donors (Lipinski definition) is 1. The van der Waals surface area contributed by atoms with Crippen molar-refractivity contribution >= 4 is 33.7 Å². The van der Waals surface area contributed by atoms with E-state index in [9.17, 15) is 15.2 Å². The number of carboxylic acid groups (broad SMARTS) is 1. The number of pyridine rings is 1. The summed E-state index contributed by atoms with van der Waals surface area (Å²) in [5.74, 6) is -0.204. The fourth-order valence-electron chi connectivity index (χ4n) is 6.11. The van der Waals surface area contributed by atoms with Gasteiger partial charge in [0.2, 0.25) is 0 Å². The topological polar surface area (TPSA) is 137 Å². The highest BCUT2D eigenvalue weighted by Gasteiger charge is 2.33. The van der Waals surface area contributed by atoms with E-state index < -0.39 is 18.0 Å². The zero-order valence-electron chi connectivity index (χ0n) is 23.8. The number of halogens is 1. The summed E-state index contributed by atoms with van der Waals surface area (Å²) in [6.45, 7) is 3.94. The van der Waals surface area contributed by atoms with Gasteiger partial charge in [0.05, 0.1) is 35.6 Å². The molecule has 6 rings (SSSR count). The zero-order chi connectivity index (χ0) is 29.5. The molecule has 4 aromatic rings. The Bertz CT molecular complexity index is 1720. The molecule has 5 heterocycles. The maximum Gasteiger partial charge on any atom is 0.407 e. The third-order valence-corrected chi connectivity index (χ3v) is 8.42. The molecule has 2 atom stereocenters. The van der Waals surface area contributed by atoms with Crippen molar-refractivity contribution in [1.82, 2.24) is 34.5 Å². The van der Waals surface area contributed by atoms with Crippen LogP contribution in [0.3, 0.4) is 0 Å². The van der Waals surface area contributed by atoms with E-state index in [2.05, 4.69) is 26.0 Å². The van der Waals surface area contributed by atoms with Crippen molar-refractivity contribution < 1.29 is 19.0 Å². The fraction of sp³-hybridized carbons (Fsp3) is 0.448. The third kappa shape index (κ3) is 4.81. The van der Waals surface area contributed by atoms with Crippen LogP contribution in [-0.2, 0) is 7.05 Å². The van der Waals surface area contributed by atoms with Crippen LogP contribution in [0.1, 0.15) is 24.8 Å². The van der Waals surface area contributed by atoms with E-state index in [1.165, 1.54) is 4.90 Å². The SMILES string of the molecule is Cc1ccc2cnn(C)c2c1-c1ncc2c(N3CCN(C(=O)O)[C@@H](CC#N)C3)nc(OC[C@@H]3CCCN3C)nc2c1F. The number of piperazine rings is 1. The molecule has 0 aliphatic carbocycles. The summed E-state index contributed by atoms with van der Waals surface area (Å²) in [5, 5.41) is 24.6. The third-order valence-electron chi connectivity index (χ3n) is 8.42. The Kier molecular flexibility index (Phi) is 7.24. The van der Waals surface area contributed by atoms with Crippen molar-refractivity contribution in [2.75, 3.05) is 44.7 Å². The number of benzene rings is 1. The monoisotopic (exact) mass is 573 g/mol. The molecule has 1 N–H and O–H groups in total. The van der Waals surface area contributed by atoms with Crippen LogP contribution in [0, 0.1) is 24.1 Å². The second kappa shape index (κ2) is 11.0. The molecule has 13 heteroatoms. The molecule has 2 aliphatic heterocycles. The number of likely N-dealkylation sites (tertiary alicyclic amines) is 1. The van der Waals surface area contributed by atoms with Gasteiger partial charge in [0.1, 0.15) is 23.6 Å². The molecule has 2 saturated heterocycles. The maximum absolute atomic E-state index is 16.6. The van der Waals surface area contributed by atoms with Gasteiger partial charge >= 0.3 is 12.1 Å². The van der Waals surface area contributed by atoms with Gasteiger partial charge in [-0.15, -0.1) is 0 Å². The molecule has 1 amide bonds. The van der Waals surface area contributed by atoms with Crippen molar-refractivity contribution in [3.05, 3.63) is 35.9 Å². The lowest BCUT2D eigenvalue weighted by atomic mass is 10.0. The molecule has 3 aromatic heterocycles. The van der Waals surface area contributed by atoms with Crippen LogP contribution in [0.2, 0.25) is 0 Å². The lowest BCUT2D eigenvalue weighted by Gasteiger charge is -2.39. The zero-order valence-corrected chi connectivity index (χ0v) is 23.8. The molecule has 0 spiro atoms. The summed E-state index contributed by atoms with van der Waals surface area (Å²) in [6.07, 6.45) is 4.30. The number of likely N-dealkylation sites (N-methyl/N-ethyl adjacent to an activating group) is 1. The highest BCUT2D eigenvalue weighted by molar-refractivity contribution is 5.98. The van der Waals surface area contributed by atoms with E-state index in [0.29, 0.717) is 29.9 Å². The van der Waals surface area contributed by atoms with E-state index in [1.54, 1.807) is 17.1 Å². The predicted octanol–water partition coefficient (Wildman–Crippen LogP) is 3.58. The van der Waals surface area contributed by atoms with Crippen LogP contribution >= 0.6 is 0 Å². The number of nitriles is 1. The lowest BCUT2D eigenvalue weighted by Crippen LogP contribution is -2.55. The average molecular weight is 574 g/mol. The number of aromatic nitrogens is 5. The Labute approximate surface area is 241 Å². The van der Waals surface area contributed by atoms with Crippen molar-refractivity contribution in [2.45, 2.75) is 38.3 Å². The molecule has 1 aromatic carbocycles. The Morgan fingerprint density at radius 3 is 2.76 bits per heavy atom. The summed E-state index contributed by atoms with van der Waals surface area (Å²) < 4.78 is 24.4. The molecular formula is C29H32FN9O3. The van der Waals surface area contributed by atoms with Gasteiger partial charge in [-0.2, -0.15) is 20.3 Å². The Morgan fingerprint density at radius 2 is 2.02 bits per heavy atom. The molecule has 2 aliphatic rings. The molecule has 0 radical (unpaired) electrons. The first kappa shape index (κ1) is 27.6. The van der Waals surface area contributed by atoms with Crippen molar-refractivity contribution in [1.29, 1.82) is 5.26 Å². The van der Waals surface area contributed by atoms with E-state index in [0.717, 1.165) is 35.9 Å². The van der Waals surface area contributed by atoms with Crippen molar-refractivity contribution in [2.24, 2.45) is 7.05 Å². The number of amides is 1.